The molecule has 34 heavy (non-hydrogen) atoms. The third kappa shape index (κ3) is 4.32. The first-order chi connectivity index (χ1) is 16.6. The van der Waals surface area contributed by atoms with Gasteiger partial charge in [0.25, 0.3) is 0 Å². The Bertz CT molecular complexity index is 1170. The number of nitrogens with zero attached hydrogens (tertiary/aromatic N) is 5. The van der Waals surface area contributed by atoms with E-state index in [9.17, 15) is 10.2 Å². The van der Waals surface area contributed by atoms with Gasteiger partial charge in [-0.05, 0) is 43.2 Å². The highest BCUT2D eigenvalue weighted by atomic mass is 16.5. The minimum Gasteiger partial charge on any atom is -0.392 e. The molecule has 9 heteroatoms. The Kier molecular flexibility index (Phi) is 6.60. The Morgan fingerprint density at radius 2 is 1.56 bits per heavy atom. The van der Waals surface area contributed by atoms with Gasteiger partial charge in [-0.25, -0.2) is 4.98 Å². The van der Waals surface area contributed by atoms with Crippen LogP contribution in [-0.4, -0.2) is 76.8 Å². The van der Waals surface area contributed by atoms with E-state index in [1.807, 2.05) is 30.3 Å². The maximum absolute atomic E-state index is 9.72. The zero-order valence-electron chi connectivity index (χ0n) is 19.6. The Morgan fingerprint density at radius 1 is 0.853 bits per heavy atom. The zero-order chi connectivity index (χ0) is 23.7. The first-order valence-electron chi connectivity index (χ1n) is 11.8. The molecule has 3 aromatic rings. The van der Waals surface area contributed by atoms with Crippen LogP contribution in [0.2, 0.25) is 0 Å². The number of anilines is 2. The topological polar surface area (TPSA) is 104 Å². The van der Waals surface area contributed by atoms with Crippen molar-refractivity contribution in [2.75, 3.05) is 49.3 Å². The van der Waals surface area contributed by atoms with E-state index in [1.54, 1.807) is 0 Å². The molecule has 0 radical (unpaired) electrons. The van der Waals surface area contributed by atoms with Crippen LogP contribution in [-0.2, 0) is 22.7 Å². The third-order valence-electron chi connectivity index (χ3n) is 6.63. The summed E-state index contributed by atoms with van der Waals surface area (Å²) < 4.78 is 11.3. The molecule has 0 amide bonds. The average Bonchev–Trinajstić information content (AvgIpc) is 2.88. The van der Waals surface area contributed by atoms with Crippen molar-refractivity contribution in [1.29, 1.82) is 0 Å². The van der Waals surface area contributed by atoms with Gasteiger partial charge in [-0.15, -0.1) is 0 Å². The molecule has 0 aliphatic carbocycles. The number of fused-ring (bicyclic) bond motifs is 1. The van der Waals surface area contributed by atoms with Gasteiger partial charge >= 0.3 is 0 Å². The largest absolute Gasteiger partial charge is 0.392 e. The molecule has 2 aliphatic heterocycles. The molecule has 2 fully saturated rings. The van der Waals surface area contributed by atoms with E-state index in [0.29, 0.717) is 49.1 Å². The number of aliphatic hydroxyl groups excluding tert-OH is 2. The third-order valence-corrected chi connectivity index (χ3v) is 6.63. The van der Waals surface area contributed by atoms with Gasteiger partial charge in [-0.2, -0.15) is 9.97 Å². The molecule has 5 rings (SSSR count). The normalized spacial score (nSPS) is 21.3. The lowest BCUT2D eigenvalue weighted by Crippen LogP contribution is -2.46. The fraction of sp³-hybridized carbons (Fsp3) is 0.480. The van der Waals surface area contributed by atoms with Crippen LogP contribution < -0.4 is 9.80 Å². The summed E-state index contributed by atoms with van der Waals surface area (Å²) in [6.45, 7) is 8.09. The molecule has 1 aromatic carbocycles. The number of benzene rings is 1. The van der Waals surface area contributed by atoms with E-state index >= 15 is 0 Å². The van der Waals surface area contributed by atoms with Crippen molar-refractivity contribution in [3.63, 3.8) is 0 Å². The molecule has 180 valence electrons. The van der Waals surface area contributed by atoms with Gasteiger partial charge in [0.05, 0.1) is 62.8 Å². The van der Waals surface area contributed by atoms with Gasteiger partial charge in [0, 0.05) is 18.7 Å². The monoisotopic (exact) mass is 465 g/mol. The molecule has 0 unspecified atom stereocenters. The second-order valence-electron chi connectivity index (χ2n) is 8.95. The lowest BCUT2D eigenvalue weighted by Gasteiger charge is -2.37. The molecule has 0 saturated carbocycles. The van der Waals surface area contributed by atoms with Crippen LogP contribution in [0.1, 0.15) is 25.0 Å². The molecule has 4 heterocycles. The Balaban J connectivity index is 1.64. The van der Waals surface area contributed by atoms with Gasteiger partial charge in [0.2, 0.25) is 5.95 Å². The van der Waals surface area contributed by atoms with Crippen LogP contribution in [0, 0.1) is 0 Å². The van der Waals surface area contributed by atoms with Crippen LogP contribution in [0.4, 0.5) is 11.8 Å². The number of rotatable bonds is 5. The summed E-state index contributed by atoms with van der Waals surface area (Å²) >= 11 is 0. The number of aliphatic hydroxyl groups is 2. The Labute approximate surface area is 199 Å². The second kappa shape index (κ2) is 9.79. The van der Waals surface area contributed by atoms with E-state index in [0.717, 1.165) is 35.6 Å². The predicted octanol–water partition coefficient (Wildman–Crippen LogP) is 2.13. The Morgan fingerprint density at radius 3 is 2.24 bits per heavy atom. The van der Waals surface area contributed by atoms with Gasteiger partial charge in [-0.3, -0.25) is 0 Å². The molecule has 2 N–H and O–H groups in total. The lowest BCUT2D eigenvalue weighted by molar-refractivity contribution is 0.0973. The summed E-state index contributed by atoms with van der Waals surface area (Å²) in [5.74, 6) is 1.54. The summed E-state index contributed by atoms with van der Waals surface area (Å²) in [5.41, 5.74) is 3.65. The van der Waals surface area contributed by atoms with E-state index < -0.39 is 0 Å². The lowest BCUT2D eigenvalue weighted by atomic mass is 10.0. The fourth-order valence-corrected chi connectivity index (χ4v) is 4.64. The van der Waals surface area contributed by atoms with Crippen molar-refractivity contribution in [3.05, 3.63) is 41.5 Å². The second-order valence-corrected chi connectivity index (χ2v) is 8.95. The number of pyridine rings is 1. The highest BCUT2D eigenvalue weighted by Crippen LogP contribution is 2.31. The molecule has 2 aliphatic rings. The number of morpholine rings is 2. The maximum atomic E-state index is 9.72. The Hall–Kier alpha value is -2.85. The summed E-state index contributed by atoms with van der Waals surface area (Å²) in [4.78, 5) is 19.3. The maximum Gasteiger partial charge on any atom is 0.229 e. The minimum absolute atomic E-state index is 0.114. The summed E-state index contributed by atoms with van der Waals surface area (Å²) in [7, 11) is 0. The quantitative estimate of drug-likeness (QED) is 0.586. The zero-order valence-corrected chi connectivity index (χ0v) is 19.6. The van der Waals surface area contributed by atoms with Crippen LogP contribution in [0.5, 0.6) is 0 Å². The van der Waals surface area contributed by atoms with Crippen LogP contribution in [0.15, 0.2) is 30.3 Å². The molecular formula is C25H31N5O4. The van der Waals surface area contributed by atoms with Crippen LogP contribution in [0.3, 0.4) is 0 Å². The molecule has 2 atom stereocenters. The highest BCUT2D eigenvalue weighted by molar-refractivity contribution is 5.90. The first-order valence-corrected chi connectivity index (χ1v) is 11.8. The van der Waals surface area contributed by atoms with Crippen molar-refractivity contribution in [2.24, 2.45) is 0 Å². The van der Waals surface area contributed by atoms with Crippen molar-refractivity contribution in [3.8, 4) is 11.3 Å². The SMILES string of the molecule is C[C@H]1COCCN1c1nc(N2CCOC[C@@H]2C)c2ccc(-c3ccc(CO)c(CO)c3)nc2n1. The van der Waals surface area contributed by atoms with Gasteiger partial charge in [0.1, 0.15) is 5.82 Å². The molecular weight excluding hydrogens is 434 g/mol. The van der Waals surface area contributed by atoms with E-state index in [2.05, 4.69) is 23.6 Å². The fourth-order valence-electron chi connectivity index (χ4n) is 4.64. The van der Waals surface area contributed by atoms with Crippen LogP contribution in [0.25, 0.3) is 22.3 Å². The van der Waals surface area contributed by atoms with Crippen LogP contribution >= 0.6 is 0 Å². The van der Waals surface area contributed by atoms with E-state index in [4.69, 9.17) is 24.4 Å². The first kappa shape index (κ1) is 22.9. The summed E-state index contributed by atoms with van der Waals surface area (Å²) in [6.07, 6.45) is 0. The van der Waals surface area contributed by atoms with Gasteiger partial charge < -0.3 is 29.5 Å². The smallest absolute Gasteiger partial charge is 0.229 e. The van der Waals surface area contributed by atoms with Crippen molar-refractivity contribution in [2.45, 2.75) is 39.1 Å². The molecule has 0 spiro atoms. The minimum atomic E-state index is -0.141. The van der Waals surface area contributed by atoms with Gasteiger partial charge in [-0.1, -0.05) is 12.1 Å². The predicted molar refractivity (Wildman–Crippen MR) is 130 cm³/mol. The number of hydrogen-bond acceptors (Lipinski definition) is 9. The number of ether oxygens (including phenoxy) is 2. The van der Waals surface area contributed by atoms with E-state index in [-0.39, 0.29) is 25.3 Å². The summed E-state index contributed by atoms with van der Waals surface area (Å²) in [6, 6.07) is 9.97. The average molecular weight is 466 g/mol. The van der Waals surface area contributed by atoms with Gasteiger partial charge in [0.15, 0.2) is 5.65 Å². The van der Waals surface area contributed by atoms with Crippen molar-refractivity contribution < 1.29 is 19.7 Å². The summed E-state index contributed by atoms with van der Waals surface area (Å²) in [5, 5.41) is 20.2. The van der Waals surface area contributed by atoms with Crippen molar-refractivity contribution in [1.82, 2.24) is 15.0 Å². The number of aromatic nitrogens is 3. The van der Waals surface area contributed by atoms with E-state index in [1.165, 1.54) is 0 Å². The highest BCUT2D eigenvalue weighted by Gasteiger charge is 2.27. The molecule has 2 aromatic heterocycles. The number of hydrogen-bond donors (Lipinski definition) is 2. The molecule has 2 saturated heterocycles. The van der Waals surface area contributed by atoms with Crippen molar-refractivity contribution >= 4 is 22.8 Å². The standard InChI is InChI=1S/C25H31N5O4/c1-16-14-33-9-7-29(16)24-21-5-6-22(18-3-4-19(12-31)20(11-18)13-32)26-23(21)27-25(28-24)30-8-10-34-15-17(30)2/h3-6,11,16-17,31-32H,7-10,12-15H2,1-2H3/t16-,17-/m0/s1. The molecule has 0 bridgehead atoms. The molecule has 9 nitrogen and oxygen atoms in total.